The van der Waals surface area contributed by atoms with Crippen molar-refractivity contribution < 1.29 is 14.6 Å². The van der Waals surface area contributed by atoms with Crippen LogP contribution < -0.4 is 0 Å². The number of carboxylic acid groups (broad SMARTS) is 1. The second-order valence-corrected chi connectivity index (χ2v) is 6.15. The minimum atomic E-state index is -0.860. The number of ether oxygens (including phenoxy) is 1. The van der Waals surface area contributed by atoms with Crippen LogP contribution in [0.4, 0.5) is 0 Å². The predicted molar refractivity (Wildman–Crippen MR) is 71.1 cm³/mol. The van der Waals surface area contributed by atoms with Crippen molar-refractivity contribution in [3.63, 3.8) is 0 Å². The van der Waals surface area contributed by atoms with E-state index in [1.54, 1.807) is 0 Å². The smallest absolute Gasteiger partial charge is 0.329 e. The van der Waals surface area contributed by atoms with Crippen LogP contribution in [0.2, 0.25) is 0 Å². The average Bonchev–Trinajstić information content (AvgIpc) is 2.79. The van der Waals surface area contributed by atoms with E-state index < -0.39 is 5.97 Å². The molecule has 2 bridgehead atoms. The summed E-state index contributed by atoms with van der Waals surface area (Å²) in [6.07, 6.45) is 4.79. The van der Waals surface area contributed by atoms with Crippen LogP contribution in [-0.2, 0) is 9.53 Å². The van der Waals surface area contributed by atoms with Gasteiger partial charge in [-0.3, -0.25) is 4.90 Å². The zero-order chi connectivity index (χ0) is 13.2. The Morgan fingerprint density at radius 1 is 1.11 bits per heavy atom. The molecule has 3 heterocycles. The summed E-state index contributed by atoms with van der Waals surface area (Å²) in [6, 6.07) is 0.763. The lowest BCUT2D eigenvalue weighted by molar-refractivity contribution is -0.145. The Morgan fingerprint density at radius 3 is 2.58 bits per heavy atom. The monoisotopic (exact) mass is 268 g/mol. The average molecular weight is 268 g/mol. The fraction of sp³-hybridized carbons (Fsp3) is 0.929. The largest absolute Gasteiger partial charge is 0.480 e. The number of nitrogens with zero attached hydrogens (tertiary/aromatic N) is 2. The van der Waals surface area contributed by atoms with Crippen molar-refractivity contribution in [2.45, 2.75) is 37.8 Å². The molecule has 0 aromatic carbocycles. The summed E-state index contributed by atoms with van der Waals surface area (Å²) in [5.41, 5.74) is 0. The maximum atomic E-state index is 10.5. The van der Waals surface area contributed by atoms with Gasteiger partial charge >= 0.3 is 5.97 Å². The van der Waals surface area contributed by atoms with E-state index in [1.165, 1.54) is 32.5 Å². The van der Waals surface area contributed by atoms with Crippen molar-refractivity contribution in [1.82, 2.24) is 9.80 Å². The standard InChI is InChI=1S/C14H24N2O3/c17-14(18)10-19-12-2-7-16(8-3-12)13-4-6-15-5-1-11(13)9-15/h11-13H,1-10H2,(H,17,18). The molecule has 3 saturated heterocycles. The van der Waals surface area contributed by atoms with Gasteiger partial charge in [0.05, 0.1) is 6.10 Å². The van der Waals surface area contributed by atoms with E-state index in [-0.39, 0.29) is 12.7 Å². The van der Waals surface area contributed by atoms with Gasteiger partial charge in [-0.05, 0) is 44.7 Å². The second kappa shape index (κ2) is 5.77. The molecule has 3 fully saturated rings. The van der Waals surface area contributed by atoms with Gasteiger partial charge in [0.15, 0.2) is 0 Å². The normalized spacial score (nSPS) is 36.5. The van der Waals surface area contributed by atoms with E-state index >= 15 is 0 Å². The molecule has 5 nitrogen and oxygen atoms in total. The van der Waals surface area contributed by atoms with Crippen molar-refractivity contribution in [2.75, 3.05) is 39.3 Å². The highest BCUT2D eigenvalue weighted by Gasteiger charge is 2.38. The summed E-state index contributed by atoms with van der Waals surface area (Å²) in [6.45, 7) is 5.85. The number of fused-ring (bicyclic) bond motifs is 2. The molecular formula is C14H24N2O3. The lowest BCUT2D eigenvalue weighted by Crippen LogP contribution is -2.50. The number of hydrogen-bond acceptors (Lipinski definition) is 4. The molecule has 108 valence electrons. The number of likely N-dealkylation sites (tertiary alicyclic amines) is 1. The molecule has 0 spiro atoms. The molecule has 0 aliphatic carbocycles. The maximum Gasteiger partial charge on any atom is 0.329 e. The van der Waals surface area contributed by atoms with Gasteiger partial charge in [-0.1, -0.05) is 0 Å². The molecule has 0 aromatic rings. The number of carbonyl (C=O) groups is 1. The van der Waals surface area contributed by atoms with Crippen LogP contribution in [0.15, 0.2) is 0 Å². The number of hydrogen-bond donors (Lipinski definition) is 1. The first kappa shape index (κ1) is 13.3. The van der Waals surface area contributed by atoms with Crippen molar-refractivity contribution in [1.29, 1.82) is 0 Å². The predicted octanol–water partition coefficient (Wildman–Crippen LogP) is 0.646. The molecule has 3 rings (SSSR count). The van der Waals surface area contributed by atoms with E-state index in [0.29, 0.717) is 0 Å². The molecule has 19 heavy (non-hydrogen) atoms. The van der Waals surface area contributed by atoms with E-state index in [9.17, 15) is 4.79 Å². The van der Waals surface area contributed by atoms with Gasteiger partial charge in [0, 0.05) is 25.7 Å². The maximum absolute atomic E-state index is 10.5. The van der Waals surface area contributed by atoms with Gasteiger partial charge in [-0.15, -0.1) is 0 Å². The number of rotatable bonds is 4. The van der Waals surface area contributed by atoms with Gasteiger partial charge < -0.3 is 14.7 Å². The number of piperidine rings is 2. The zero-order valence-electron chi connectivity index (χ0n) is 11.5. The van der Waals surface area contributed by atoms with Gasteiger partial charge in [0.25, 0.3) is 0 Å². The Bertz CT molecular complexity index is 329. The molecule has 0 saturated carbocycles. The van der Waals surface area contributed by atoms with Crippen LogP contribution in [0.25, 0.3) is 0 Å². The molecule has 0 aromatic heterocycles. The van der Waals surface area contributed by atoms with Crippen molar-refractivity contribution in [3.05, 3.63) is 0 Å². The highest BCUT2D eigenvalue weighted by Crippen LogP contribution is 2.32. The summed E-state index contributed by atoms with van der Waals surface area (Å²) in [5.74, 6) is 0.00555. The lowest BCUT2D eigenvalue weighted by atomic mass is 9.91. The number of carboxylic acids is 1. The molecule has 5 heteroatoms. The summed E-state index contributed by atoms with van der Waals surface area (Å²) >= 11 is 0. The Hall–Kier alpha value is -0.650. The van der Waals surface area contributed by atoms with Crippen molar-refractivity contribution in [3.8, 4) is 0 Å². The molecule has 3 aliphatic rings. The first-order valence-corrected chi connectivity index (χ1v) is 7.52. The second-order valence-electron chi connectivity index (χ2n) is 6.15. The van der Waals surface area contributed by atoms with Crippen LogP contribution >= 0.6 is 0 Å². The molecular weight excluding hydrogens is 244 g/mol. The highest BCUT2D eigenvalue weighted by molar-refractivity contribution is 5.68. The van der Waals surface area contributed by atoms with Gasteiger partial charge in [0.1, 0.15) is 6.61 Å². The zero-order valence-corrected chi connectivity index (χ0v) is 11.5. The van der Waals surface area contributed by atoms with Gasteiger partial charge in [-0.25, -0.2) is 4.79 Å². The summed E-state index contributed by atoms with van der Waals surface area (Å²) < 4.78 is 5.41. The van der Waals surface area contributed by atoms with Crippen LogP contribution in [0.3, 0.4) is 0 Å². The van der Waals surface area contributed by atoms with Crippen molar-refractivity contribution >= 4 is 5.97 Å². The topological polar surface area (TPSA) is 53.0 Å². The van der Waals surface area contributed by atoms with Crippen LogP contribution in [0.1, 0.15) is 25.7 Å². The quantitative estimate of drug-likeness (QED) is 0.811. The van der Waals surface area contributed by atoms with E-state index in [2.05, 4.69) is 9.80 Å². The minimum absolute atomic E-state index is 0.147. The fourth-order valence-electron chi connectivity index (χ4n) is 3.97. The SMILES string of the molecule is O=C(O)COC1CCN(C2CCN3CCC2C3)CC1. The Morgan fingerprint density at radius 2 is 1.84 bits per heavy atom. The highest BCUT2D eigenvalue weighted by atomic mass is 16.5. The van der Waals surface area contributed by atoms with Gasteiger partial charge in [0.2, 0.25) is 0 Å². The summed E-state index contributed by atoms with van der Waals surface area (Å²) in [7, 11) is 0. The van der Waals surface area contributed by atoms with Gasteiger partial charge in [-0.2, -0.15) is 0 Å². The molecule has 3 unspecified atom stereocenters. The van der Waals surface area contributed by atoms with Crippen LogP contribution in [-0.4, -0.2) is 72.4 Å². The first-order chi connectivity index (χ1) is 9.22. The third-order valence-corrected chi connectivity index (χ3v) is 4.98. The van der Waals surface area contributed by atoms with Crippen LogP contribution in [0.5, 0.6) is 0 Å². The Balaban J connectivity index is 1.46. The van der Waals surface area contributed by atoms with Crippen LogP contribution in [0, 0.1) is 5.92 Å². The summed E-state index contributed by atoms with van der Waals surface area (Å²) in [4.78, 5) is 15.7. The first-order valence-electron chi connectivity index (χ1n) is 7.52. The molecule has 3 atom stereocenters. The Kier molecular flexibility index (Phi) is 4.05. The lowest BCUT2D eigenvalue weighted by Gasteiger charge is -2.42. The molecule has 0 amide bonds. The van der Waals surface area contributed by atoms with E-state index in [4.69, 9.17) is 9.84 Å². The molecule has 1 N–H and O–H groups in total. The van der Waals surface area contributed by atoms with E-state index in [1.807, 2.05) is 0 Å². The molecule has 0 radical (unpaired) electrons. The fourth-order valence-corrected chi connectivity index (χ4v) is 3.97. The molecule has 3 aliphatic heterocycles. The Labute approximate surface area is 114 Å². The van der Waals surface area contributed by atoms with Crippen molar-refractivity contribution in [2.24, 2.45) is 5.92 Å². The van der Waals surface area contributed by atoms with E-state index in [0.717, 1.165) is 37.9 Å². The summed E-state index contributed by atoms with van der Waals surface area (Å²) in [5, 5.41) is 8.63. The third kappa shape index (κ3) is 3.09. The third-order valence-electron chi connectivity index (χ3n) is 4.98. The number of aliphatic carboxylic acids is 1. The minimum Gasteiger partial charge on any atom is -0.480 e.